The molecule has 32 heavy (non-hydrogen) atoms. The van der Waals surface area contributed by atoms with Gasteiger partial charge in [0, 0.05) is 36.4 Å². The number of nitrogens with zero attached hydrogens (tertiary/aromatic N) is 2. The fourth-order valence-corrected chi connectivity index (χ4v) is 4.62. The number of nitrogens with one attached hydrogen (secondary N) is 2. The van der Waals surface area contributed by atoms with Gasteiger partial charge in [-0.05, 0) is 66.8 Å². The summed E-state index contributed by atoms with van der Waals surface area (Å²) in [6.45, 7) is 0.757. The average Bonchev–Trinajstić information content (AvgIpc) is 3.08. The van der Waals surface area contributed by atoms with Crippen LogP contribution in [0, 0.1) is 5.82 Å². The number of amides is 5. The maximum Gasteiger partial charge on any atom is 0.326 e. The summed E-state index contributed by atoms with van der Waals surface area (Å²) < 4.78 is 13.5. The van der Waals surface area contributed by atoms with Crippen molar-refractivity contribution in [1.82, 2.24) is 10.2 Å². The van der Waals surface area contributed by atoms with E-state index < -0.39 is 11.9 Å². The second-order valence-electron chi connectivity index (χ2n) is 8.23. The first kappa shape index (κ1) is 20.2. The van der Waals surface area contributed by atoms with Gasteiger partial charge in [0.05, 0.1) is 0 Å². The number of benzene rings is 2. The average molecular weight is 436 g/mol. The molecule has 0 saturated carbocycles. The molecular weight excluding hydrogens is 415 g/mol. The zero-order valence-corrected chi connectivity index (χ0v) is 17.2. The number of carbonyl (C=O) groups is 4. The smallest absolute Gasteiger partial charge is 0.322 e. The highest BCUT2D eigenvalue weighted by atomic mass is 19.1. The van der Waals surface area contributed by atoms with Crippen molar-refractivity contribution in [3.05, 3.63) is 58.9 Å². The number of anilines is 2. The van der Waals surface area contributed by atoms with Crippen molar-refractivity contribution in [3.8, 4) is 0 Å². The highest BCUT2D eigenvalue weighted by Gasteiger charge is 2.39. The molecule has 164 valence electrons. The number of carbonyl (C=O) groups excluding carboxylic acids is 4. The van der Waals surface area contributed by atoms with Crippen LogP contribution in [0.15, 0.2) is 36.4 Å². The highest BCUT2D eigenvalue weighted by Crippen LogP contribution is 2.31. The maximum absolute atomic E-state index is 13.5. The molecule has 3 aliphatic rings. The van der Waals surface area contributed by atoms with Crippen molar-refractivity contribution >= 4 is 35.1 Å². The summed E-state index contributed by atoms with van der Waals surface area (Å²) in [5, 5.41) is 5.14. The molecule has 0 aromatic heterocycles. The number of imide groups is 1. The van der Waals surface area contributed by atoms with Gasteiger partial charge >= 0.3 is 6.03 Å². The zero-order valence-electron chi connectivity index (χ0n) is 17.2. The van der Waals surface area contributed by atoms with E-state index in [2.05, 4.69) is 10.6 Å². The van der Waals surface area contributed by atoms with Crippen LogP contribution in [-0.2, 0) is 22.6 Å². The quantitative estimate of drug-likeness (QED) is 0.707. The predicted molar refractivity (Wildman–Crippen MR) is 114 cm³/mol. The van der Waals surface area contributed by atoms with Crippen molar-refractivity contribution in [2.75, 3.05) is 16.8 Å². The molecular formula is C23H21FN4O4. The minimum atomic E-state index is -0.684. The number of fused-ring (bicyclic) bond motifs is 2. The fraction of sp³-hybridized carbons (Fsp3) is 0.304. The van der Waals surface area contributed by atoms with Crippen molar-refractivity contribution in [1.29, 1.82) is 0 Å². The molecule has 2 aromatic rings. The van der Waals surface area contributed by atoms with E-state index in [1.54, 1.807) is 29.2 Å². The lowest BCUT2D eigenvalue weighted by Crippen LogP contribution is -2.52. The Morgan fingerprint density at radius 2 is 1.91 bits per heavy atom. The molecule has 9 heteroatoms. The van der Waals surface area contributed by atoms with Gasteiger partial charge in [-0.15, -0.1) is 0 Å². The van der Waals surface area contributed by atoms with Gasteiger partial charge in [-0.3, -0.25) is 24.6 Å². The van der Waals surface area contributed by atoms with Gasteiger partial charge in [-0.25, -0.2) is 9.18 Å². The van der Waals surface area contributed by atoms with E-state index in [0.29, 0.717) is 41.9 Å². The van der Waals surface area contributed by atoms with Gasteiger partial charge in [0.25, 0.3) is 5.91 Å². The third kappa shape index (κ3) is 3.49. The monoisotopic (exact) mass is 436 g/mol. The largest absolute Gasteiger partial charge is 0.326 e. The van der Waals surface area contributed by atoms with E-state index in [1.165, 1.54) is 17.0 Å². The van der Waals surface area contributed by atoms with Crippen LogP contribution in [-0.4, -0.2) is 41.2 Å². The molecule has 2 aromatic carbocycles. The second-order valence-corrected chi connectivity index (χ2v) is 8.23. The molecule has 0 bridgehead atoms. The number of rotatable bonds is 2. The Labute approximate surface area is 183 Å². The topological polar surface area (TPSA) is 98.8 Å². The van der Waals surface area contributed by atoms with Crippen LogP contribution < -0.4 is 15.5 Å². The second kappa shape index (κ2) is 7.74. The third-order valence-electron chi connectivity index (χ3n) is 6.18. The summed E-state index contributed by atoms with van der Waals surface area (Å²) in [6.07, 6.45) is 1.94. The van der Waals surface area contributed by atoms with E-state index in [0.717, 1.165) is 12.0 Å². The van der Waals surface area contributed by atoms with Crippen molar-refractivity contribution in [3.63, 3.8) is 0 Å². The molecule has 1 atom stereocenters. The summed E-state index contributed by atoms with van der Waals surface area (Å²) in [4.78, 5) is 52.4. The molecule has 1 fully saturated rings. The van der Waals surface area contributed by atoms with Crippen LogP contribution in [0.3, 0.4) is 0 Å². The Balaban J connectivity index is 1.32. The van der Waals surface area contributed by atoms with Crippen molar-refractivity contribution < 1.29 is 23.6 Å². The lowest BCUT2D eigenvalue weighted by molar-refractivity contribution is -0.136. The zero-order chi connectivity index (χ0) is 22.4. The van der Waals surface area contributed by atoms with E-state index in [4.69, 9.17) is 0 Å². The van der Waals surface area contributed by atoms with Crippen LogP contribution in [0.25, 0.3) is 0 Å². The molecule has 5 amide bonds. The first-order valence-electron chi connectivity index (χ1n) is 10.6. The van der Waals surface area contributed by atoms with E-state index in [-0.39, 0.29) is 36.6 Å². The molecule has 3 heterocycles. The van der Waals surface area contributed by atoms with E-state index in [9.17, 15) is 23.6 Å². The van der Waals surface area contributed by atoms with E-state index in [1.807, 2.05) is 0 Å². The summed E-state index contributed by atoms with van der Waals surface area (Å²) >= 11 is 0. The Morgan fingerprint density at radius 3 is 2.72 bits per heavy atom. The first-order valence-corrected chi connectivity index (χ1v) is 10.6. The van der Waals surface area contributed by atoms with Crippen molar-refractivity contribution in [2.45, 2.75) is 38.3 Å². The number of hydrogen-bond donors (Lipinski definition) is 2. The van der Waals surface area contributed by atoms with Crippen LogP contribution >= 0.6 is 0 Å². The standard InChI is InChI=1S/C23H21FN4O4/c24-15-3-6-18-13(10-15)2-1-9-27(18)23(32)25-16-4-5-17-14(11-16)12-28(22(17)31)19-7-8-20(29)26-21(19)30/h3-6,10-11,19H,1-2,7-9,12H2,(H,25,32)(H,26,29,30). The van der Waals surface area contributed by atoms with Gasteiger partial charge in [0.15, 0.2) is 0 Å². The molecule has 1 unspecified atom stereocenters. The summed E-state index contributed by atoms with van der Waals surface area (Å²) in [5.74, 6) is -1.38. The number of piperidine rings is 1. The van der Waals surface area contributed by atoms with Crippen LogP contribution in [0.4, 0.5) is 20.6 Å². The molecule has 0 aliphatic carbocycles. The predicted octanol–water partition coefficient (Wildman–Crippen LogP) is 2.57. The summed E-state index contributed by atoms with van der Waals surface area (Å²) in [6, 6.07) is 8.42. The summed E-state index contributed by atoms with van der Waals surface area (Å²) in [7, 11) is 0. The molecule has 5 rings (SSSR count). The molecule has 0 spiro atoms. The van der Waals surface area contributed by atoms with Crippen LogP contribution in [0.2, 0.25) is 0 Å². The SMILES string of the molecule is O=C1CCC(N2Cc3cc(NC(=O)N4CCCc5cc(F)ccc54)ccc3C2=O)C(=O)N1. The molecule has 8 nitrogen and oxygen atoms in total. The molecule has 1 saturated heterocycles. The fourth-order valence-electron chi connectivity index (χ4n) is 4.62. The number of hydrogen-bond acceptors (Lipinski definition) is 4. The third-order valence-corrected chi connectivity index (χ3v) is 6.18. The molecule has 3 aliphatic heterocycles. The van der Waals surface area contributed by atoms with E-state index >= 15 is 0 Å². The molecule has 0 radical (unpaired) electrons. The van der Waals surface area contributed by atoms with Gasteiger partial charge in [0.1, 0.15) is 11.9 Å². The van der Waals surface area contributed by atoms with Gasteiger partial charge in [0.2, 0.25) is 11.8 Å². The van der Waals surface area contributed by atoms with Gasteiger partial charge in [-0.1, -0.05) is 0 Å². The number of halogens is 1. The van der Waals surface area contributed by atoms with Crippen molar-refractivity contribution in [2.24, 2.45) is 0 Å². The number of aryl methyl sites for hydroxylation is 1. The normalized spacial score (nSPS) is 20.0. The Hall–Kier alpha value is -3.75. The molecule has 2 N–H and O–H groups in total. The lowest BCUT2D eigenvalue weighted by Gasteiger charge is -2.29. The highest BCUT2D eigenvalue weighted by molar-refractivity contribution is 6.06. The maximum atomic E-state index is 13.5. The minimum Gasteiger partial charge on any atom is -0.322 e. The van der Waals surface area contributed by atoms with Crippen LogP contribution in [0.5, 0.6) is 0 Å². The van der Waals surface area contributed by atoms with Gasteiger partial charge < -0.3 is 10.2 Å². The lowest BCUT2D eigenvalue weighted by atomic mass is 10.0. The Kier molecular flexibility index (Phi) is 4.88. The Bertz CT molecular complexity index is 1160. The first-order chi connectivity index (χ1) is 15.4. The minimum absolute atomic E-state index is 0.193. The summed E-state index contributed by atoms with van der Waals surface area (Å²) in [5.41, 5.74) is 3.20. The van der Waals surface area contributed by atoms with Crippen LogP contribution in [0.1, 0.15) is 40.7 Å². The Morgan fingerprint density at radius 1 is 1.06 bits per heavy atom. The number of urea groups is 1. The van der Waals surface area contributed by atoms with Gasteiger partial charge in [-0.2, -0.15) is 0 Å².